The maximum atomic E-state index is 11.8. The molecule has 1 aliphatic rings. The predicted molar refractivity (Wildman–Crippen MR) is 65.8 cm³/mol. The lowest BCUT2D eigenvalue weighted by molar-refractivity contribution is -0.141. The van der Waals surface area contributed by atoms with E-state index in [4.69, 9.17) is 0 Å². The molecule has 1 aromatic carbocycles. The van der Waals surface area contributed by atoms with Crippen LogP contribution in [-0.2, 0) is 27.3 Å². The van der Waals surface area contributed by atoms with Crippen LogP contribution in [0.5, 0.6) is 0 Å². The molecule has 0 aliphatic carbocycles. The number of esters is 1. The maximum Gasteiger partial charge on any atom is 0.325 e. The molecule has 5 nitrogen and oxygen atoms in total. The second-order valence-electron chi connectivity index (χ2n) is 4.20. The average molecular weight is 248 g/mol. The number of benzene rings is 1. The van der Waals surface area contributed by atoms with Crippen molar-refractivity contribution in [1.29, 1.82) is 0 Å². The summed E-state index contributed by atoms with van der Waals surface area (Å²) in [6.07, 6.45) is 0.642. The maximum absolute atomic E-state index is 11.8. The number of hydrogen-bond acceptors (Lipinski definition) is 4. The summed E-state index contributed by atoms with van der Waals surface area (Å²) in [5.74, 6) is -0.616. The van der Waals surface area contributed by atoms with Crippen LogP contribution in [0.4, 0.5) is 0 Å². The van der Waals surface area contributed by atoms with Crippen molar-refractivity contribution in [2.75, 3.05) is 13.7 Å². The van der Waals surface area contributed by atoms with Gasteiger partial charge in [0, 0.05) is 6.54 Å². The molecule has 1 amide bonds. The summed E-state index contributed by atoms with van der Waals surface area (Å²) in [6, 6.07) is 7.73. The molecule has 1 atom stereocenters. The normalized spacial score (nSPS) is 17.7. The number of carbonyl (C=O) groups excluding carboxylic acids is 2. The minimum absolute atomic E-state index is 0.0881. The molecule has 0 radical (unpaired) electrons. The minimum atomic E-state index is -0.445. The molecule has 96 valence electrons. The van der Waals surface area contributed by atoms with Crippen molar-refractivity contribution in [1.82, 2.24) is 10.6 Å². The van der Waals surface area contributed by atoms with E-state index in [1.54, 1.807) is 0 Å². The van der Waals surface area contributed by atoms with Crippen molar-refractivity contribution < 1.29 is 14.3 Å². The number of methoxy groups -OCH3 is 1. The Balaban J connectivity index is 1.92. The first-order valence-corrected chi connectivity index (χ1v) is 5.85. The average Bonchev–Trinajstić information content (AvgIpc) is 2.43. The van der Waals surface area contributed by atoms with Gasteiger partial charge >= 0.3 is 5.97 Å². The molecule has 0 unspecified atom stereocenters. The van der Waals surface area contributed by atoms with E-state index in [9.17, 15) is 9.59 Å². The fraction of sp³-hybridized carbons (Fsp3) is 0.385. The Morgan fingerprint density at radius 2 is 2.11 bits per heavy atom. The van der Waals surface area contributed by atoms with Gasteiger partial charge in [0.1, 0.15) is 6.54 Å². The topological polar surface area (TPSA) is 67.4 Å². The lowest BCUT2D eigenvalue weighted by Crippen LogP contribution is -2.48. The molecule has 1 heterocycles. The standard InChI is InChI=1S/C13H16N2O3/c1-18-12(16)8-15-13(17)11-6-9-4-2-3-5-10(9)7-14-11/h2-5,11,14H,6-8H2,1H3,(H,15,17)/t11-/m1/s1. The SMILES string of the molecule is COC(=O)CNC(=O)[C@H]1Cc2ccccc2CN1. The summed E-state index contributed by atoms with van der Waals surface area (Å²) < 4.78 is 4.47. The Bertz CT molecular complexity index is 459. The van der Waals surface area contributed by atoms with E-state index < -0.39 is 5.97 Å². The summed E-state index contributed by atoms with van der Waals surface area (Å²) in [5.41, 5.74) is 2.39. The van der Waals surface area contributed by atoms with Crippen molar-refractivity contribution in [3.05, 3.63) is 35.4 Å². The van der Waals surface area contributed by atoms with E-state index in [0.29, 0.717) is 13.0 Å². The van der Waals surface area contributed by atoms with E-state index in [1.165, 1.54) is 18.2 Å². The number of rotatable bonds is 3. The van der Waals surface area contributed by atoms with Crippen LogP contribution in [0.25, 0.3) is 0 Å². The molecule has 18 heavy (non-hydrogen) atoms. The van der Waals surface area contributed by atoms with Crippen LogP contribution in [0.1, 0.15) is 11.1 Å². The van der Waals surface area contributed by atoms with Gasteiger partial charge in [-0.2, -0.15) is 0 Å². The van der Waals surface area contributed by atoms with Gasteiger partial charge in [-0.05, 0) is 17.5 Å². The first-order valence-electron chi connectivity index (χ1n) is 5.85. The van der Waals surface area contributed by atoms with Crippen LogP contribution in [0, 0.1) is 0 Å². The highest BCUT2D eigenvalue weighted by atomic mass is 16.5. The van der Waals surface area contributed by atoms with Crippen LogP contribution in [0.15, 0.2) is 24.3 Å². The van der Waals surface area contributed by atoms with Gasteiger partial charge in [0.25, 0.3) is 0 Å². The van der Waals surface area contributed by atoms with Gasteiger partial charge in [-0.3, -0.25) is 9.59 Å². The molecule has 2 rings (SSSR count). The summed E-state index contributed by atoms with van der Waals surface area (Å²) in [5, 5.41) is 5.71. The molecule has 0 saturated heterocycles. The first kappa shape index (κ1) is 12.6. The molecular weight excluding hydrogens is 232 g/mol. The van der Waals surface area contributed by atoms with Gasteiger partial charge in [0.05, 0.1) is 13.2 Å². The molecule has 0 spiro atoms. The van der Waals surface area contributed by atoms with Crippen LogP contribution in [-0.4, -0.2) is 31.6 Å². The minimum Gasteiger partial charge on any atom is -0.468 e. The smallest absolute Gasteiger partial charge is 0.325 e. The fourth-order valence-corrected chi connectivity index (χ4v) is 1.99. The zero-order valence-electron chi connectivity index (χ0n) is 10.2. The molecular formula is C13H16N2O3. The number of carbonyl (C=O) groups is 2. The fourth-order valence-electron chi connectivity index (χ4n) is 1.99. The van der Waals surface area contributed by atoms with Crippen molar-refractivity contribution in [3.63, 3.8) is 0 Å². The molecule has 0 aromatic heterocycles. The first-order chi connectivity index (χ1) is 8.70. The molecule has 1 aliphatic heterocycles. The van der Waals surface area contributed by atoms with Gasteiger partial charge in [0.15, 0.2) is 0 Å². The highest BCUT2D eigenvalue weighted by molar-refractivity contribution is 5.86. The van der Waals surface area contributed by atoms with Crippen LogP contribution in [0.2, 0.25) is 0 Å². The van der Waals surface area contributed by atoms with E-state index in [-0.39, 0.29) is 18.5 Å². The number of ether oxygens (including phenoxy) is 1. The van der Waals surface area contributed by atoms with Crippen molar-refractivity contribution in [2.45, 2.75) is 19.0 Å². The van der Waals surface area contributed by atoms with E-state index in [1.807, 2.05) is 24.3 Å². The molecule has 1 aromatic rings. The quantitative estimate of drug-likeness (QED) is 0.738. The number of amides is 1. The lowest BCUT2D eigenvalue weighted by Gasteiger charge is -2.25. The van der Waals surface area contributed by atoms with E-state index in [0.717, 1.165) is 0 Å². The highest BCUT2D eigenvalue weighted by Gasteiger charge is 2.23. The van der Waals surface area contributed by atoms with Crippen molar-refractivity contribution >= 4 is 11.9 Å². The third-order valence-corrected chi connectivity index (χ3v) is 3.03. The summed E-state index contributed by atoms with van der Waals surface area (Å²) in [6.45, 7) is 0.585. The van der Waals surface area contributed by atoms with Gasteiger partial charge in [0.2, 0.25) is 5.91 Å². The summed E-state index contributed by atoms with van der Waals surface area (Å²) in [7, 11) is 1.30. The van der Waals surface area contributed by atoms with E-state index in [2.05, 4.69) is 15.4 Å². The van der Waals surface area contributed by atoms with Crippen molar-refractivity contribution in [2.24, 2.45) is 0 Å². The van der Waals surface area contributed by atoms with Crippen LogP contribution < -0.4 is 10.6 Å². The Morgan fingerprint density at radius 1 is 1.39 bits per heavy atom. The van der Waals surface area contributed by atoms with Gasteiger partial charge in [-0.25, -0.2) is 0 Å². The third-order valence-electron chi connectivity index (χ3n) is 3.03. The Kier molecular flexibility index (Phi) is 3.94. The Hall–Kier alpha value is -1.88. The second-order valence-corrected chi connectivity index (χ2v) is 4.20. The molecule has 5 heteroatoms. The number of fused-ring (bicyclic) bond motifs is 1. The number of nitrogens with one attached hydrogen (secondary N) is 2. The van der Waals surface area contributed by atoms with Gasteiger partial charge in [-0.1, -0.05) is 24.3 Å². The van der Waals surface area contributed by atoms with E-state index >= 15 is 0 Å². The zero-order valence-corrected chi connectivity index (χ0v) is 10.2. The largest absolute Gasteiger partial charge is 0.468 e. The summed E-state index contributed by atoms with van der Waals surface area (Å²) >= 11 is 0. The monoisotopic (exact) mass is 248 g/mol. The zero-order chi connectivity index (χ0) is 13.0. The molecule has 0 fully saturated rings. The van der Waals surface area contributed by atoms with Gasteiger partial charge in [-0.15, -0.1) is 0 Å². The van der Waals surface area contributed by atoms with Gasteiger partial charge < -0.3 is 15.4 Å². The molecule has 0 bridgehead atoms. The Labute approximate surface area is 106 Å². The highest BCUT2D eigenvalue weighted by Crippen LogP contribution is 2.16. The summed E-state index contributed by atoms with van der Waals surface area (Å²) in [4.78, 5) is 22.8. The van der Waals surface area contributed by atoms with Crippen LogP contribution in [0.3, 0.4) is 0 Å². The molecule has 2 N–H and O–H groups in total. The third kappa shape index (κ3) is 2.87. The van der Waals surface area contributed by atoms with Crippen LogP contribution >= 0.6 is 0 Å². The second kappa shape index (κ2) is 5.64. The van der Waals surface area contributed by atoms with Crippen molar-refractivity contribution in [3.8, 4) is 0 Å². The molecule has 0 saturated carbocycles. The lowest BCUT2D eigenvalue weighted by atomic mass is 9.95. The predicted octanol–water partition coefficient (Wildman–Crippen LogP) is -0.00990. The number of hydrogen-bond donors (Lipinski definition) is 2. The Morgan fingerprint density at radius 3 is 2.83 bits per heavy atom.